The molecule has 0 bridgehead atoms. The second-order valence-electron chi connectivity index (χ2n) is 2.28. The van der Waals surface area contributed by atoms with Gasteiger partial charge in [0.25, 0.3) is 0 Å². The van der Waals surface area contributed by atoms with Crippen molar-refractivity contribution in [3.63, 3.8) is 0 Å². The molecule has 0 saturated heterocycles. The Morgan fingerprint density at radius 2 is 2.45 bits per heavy atom. The molecule has 0 aromatic rings. The van der Waals surface area contributed by atoms with Gasteiger partial charge in [0.1, 0.15) is 18.8 Å². The van der Waals surface area contributed by atoms with Gasteiger partial charge in [0, 0.05) is 0 Å². The van der Waals surface area contributed by atoms with Crippen LogP contribution in [0.25, 0.3) is 0 Å². The summed E-state index contributed by atoms with van der Waals surface area (Å²) in [5.41, 5.74) is 0. The van der Waals surface area contributed by atoms with E-state index < -0.39 is 0 Å². The maximum absolute atomic E-state index is 5.26. The Labute approximate surface area is 69.6 Å². The summed E-state index contributed by atoms with van der Waals surface area (Å²) in [7, 11) is 0. The summed E-state index contributed by atoms with van der Waals surface area (Å²) in [6, 6.07) is 0. The molecule has 0 fully saturated rings. The van der Waals surface area contributed by atoms with E-state index >= 15 is 0 Å². The van der Waals surface area contributed by atoms with Crippen LogP contribution in [0.1, 0.15) is 6.42 Å². The topological polar surface area (TPSA) is 18.5 Å². The molecule has 2 heterocycles. The SMILES string of the molecule is C1=CSC(C2=COC=CO2)C1. The first kappa shape index (κ1) is 6.85. The van der Waals surface area contributed by atoms with Gasteiger partial charge in [-0.2, -0.15) is 0 Å². The lowest BCUT2D eigenvalue weighted by Gasteiger charge is -2.14. The summed E-state index contributed by atoms with van der Waals surface area (Å²) in [4.78, 5) is 0. The zero-order chi connectivity index (χ0) is 7.52. The van der Waals surface area contributed by atoms with Crippen LogP contribution in [0.3, 0.4) is 0 Å². The van der Waals surface area contributed by atoms with Crippen LogP contribution < -0.4 is 0 Å². The minimum Gasteiger partial charge on any atom is -0.466 e. The predicted octanol–water partition coefficient (Wildman–Crippen LogP) is 2.37. The standard InChI is InChI=1S/C8H8O2S/c1-2-8(11-5-1)7-6-9-3-4-10-7/h1,3-6,8H,2H2. The number of ether oxygens (including phenoxy) is 2. The lowest BCUT2D eigenvalue weighted by atomic mass is 10.3. The van der Waals surface area contributed by atoms with Crippen molar-refractivity contribution in [3.05, 3.63) is 36.0 Å². The first-order valence-electron chi connectivity index (χ1n) is 3.44. The summed E-state index contributed by atoms with van der Waals surface area (Å²) in [6.45, 7) is 0. The van der Waals surface area contributed by atoms with Gasteiger partial charge in [0.05, 0.1) is 5.25 Å². The Kier molecular flexibility index (Phi) is 1.90. The van der Waals surface area contributed by atoms with Crippen LogP contribution in [0.5, 0.6) is 0 Å². The number of hydrogen-bond acceptors (Lipinski definition) is 3. The summed E-state index contributed by atoms with van der Waals surface area (Å²) < 4.78 is 10.2. The van der Waals surface area contributed by atoms with E-state index in [4.69, 9.17) is 9.47 Å². The van der Waals surface area contributed by atoms with Crippen molar-refractivity contribution < 1.29 is 9.47 Å². The van der Waals surface area contributed by atoms with Crippen LogP contribution in [0.15, 0.2) is 36.0 Å². The molecule has 2 rings (SSSR count). The molecule has 58 valence electrons. The van der Waals surface area contributed by atoms with Crippen LogP contribution in [0, 0.1) is 0 Å². The molecule has 0 saturated carbocycles. The number of allylic oxidation sites excluding steroid dienone is 1. The summed E-state index contributed by atoms with van der Waals surface area (Å²) >= 11 is 1.76. The van der Waals surface area contributed by atoms with Crippen molar-refractivity contribution in [2.75, 3.05) is 0 Å². The molecule has 0 amide bonds. The maximum atomic E-state index is 5.26. The molecule has 3 heteroatoms. The normalized spacial score (nSPS) is 27.6. The third-order valence-electron chi connectivity index (χ3n) is 1.53. The van der Waals surface area contributed by atoms with Gasteiger partial charge < -0.3 is 9.47 Å². The van der Waals surface area contributed by atoms with E-state index in [2.05, 4.69) is 11.5 Å². The van der Waals surface area contributed by atoms with Gasteiger partial charge in [0.15, 0.2) is 5.76 Å². The fourth-order valence-corrected chi connectivity index (χ4v) is 1.87. The zero-order valence-corrected chi connectivity index (χ0v) is 6.71. The Morgan fingerprint density at radius 1 is 1.45 bits per heavy atom. The smallest absolute Gasteiger partial charge is 0.152 e. The quantitative estimate of drug-likeness (QED) is 0.598. The van der Waals surface area contributed by atoms with Crippen molar-refractivity contribution in [1.82, 2.24) is 0 Å². The minimum atomic E-state index is 0.417. The van der Waals surface area contributed by atoms with Crippen molar-refractivity contribution in [2.24, 2.45) is 0 Å². The second-order valence-corrected chi connectivity index (χ2v) is 3.39. The van der Waals surface area contributed by atoms with Crippen molar-refractivity contribution in [1.29, 1.82) is 0 Å². The maximum Gasteiger partial charge on any atom is 0.152 e. The molecule has 0 aromatic heterocycles. The molecule has 2 nitrogen and oxygen atoms in total. The molecular formula is C8H8O2S. The summed E-state index contributed by atoms with van der Waals surface area (Å²) in [5.74, 6) is 0.905. The van der Waals surface area contributed by atoms with Gasteiger partial charge in [-0.3, -0.25) is 0 Å². The van der Waals surface area contributed by atoms with Crippen LogP contribution in [-0.2, 0) is 9.47 Å². The van der Waals surface area contributed by atoms with E-state index in [-0.39, 0.29) is 0 Å². The Morgan fingerprint density at radius 3 is 3.09 bits per heavy atom. The minimum absolute atomic E-state index is 0.417. The van der Waals surface area contributed by atoms with Crippen molar-refractivity contribution >= 4 is 11.8 Å². The third kappa shape index (κ3) is 1.43. The zero-order valence-electron chi connectivity index (χ0n) is 5.90. The highest BCUT2D eigenvalue weighted by atomic mass is 32.2. The molecule has 0 aliphatic carbocycles. The van der Waals surface area contributed by atoms with Crippen LogP contribution in [0.4, 0.5) is 0 Å². The highest BCUT2D eigenvalue weighted by Crippen LogP contribution is 2.31. The van der Waals surface area contributed by atoms with Gasteiger partial charge in [-0.05, 0) is 11.8 Å². The fraction of sp³-hybridized carbons (Fsp3) is 0.250. The molecule has 0 spiro atoms. The Balaban J connectivity index is 1.99. The third-order valence-corrected chi connectivity index (χ3v) is 2.63. The lowest BCUT2D eigenvalue weighted by molar-refractivity contribution is 0.249. The van der Waals surface area contributed by atoms with E-state index in [1.807, 2.05) is 0 Å². The second kappa shape index (κ2) is 3.05. The first-order valence-corrected chi connectivity index (χ1v) is 4.39. The molecule has 2 aliphatic heterocycles. The number of rotatable bonds is 1. The lowest BCUT2D eigenvalue weighted by Crippen LogP contribution is -2.05. The highest BCUT2D eigenvalue weighted by molar-refractivity contribution is 8.03. The molecule has 1 atom stereocenters. The summed E-state index contributed by atoms with van der Waals surface area (Å²) in [5, 5.41) is 2.51. The van der Waals surface area contributed by atoms with E-state index in [0.717, 1.165) is 12.2 Å². The predicted molar refractivity (Wildman–Crippen MR) is 44.5 cm³/mol. The fourth-order valence-electron chi connectivity index (χ4n) is 0.993. The molecule has 1 unspecified atom stereocenters. The van der Waals surface area contributed by atoms with Crippen LogP contribution in [0.2, 0.25) is 0 Å². The van der Waals surface area contributed by atoms with E-state index in [1.54, 1.807) is 24.3 Å². The summed E-state index contributed by atoms with van der Waals surface area (Å²) in [6.07, 6.45) is 7.92. The Hall–Kier alpha value is -0.830. The molecule has 0 aromatic carbocycles. The molecule has 11 heavy (non-hydrogen) atoms. The Bertz CT molecular complexity index is 222. The average Bonchev–Trinajstić information content (AvgIpc) is 2.58. The molecule has 2 aliphatic rings. The average molecular weight is 168 g/mol. The molecular weight excluding hydrogens is 160 g/mol. The van der Waals surface area contributed by atoms with Crippen molar-refractivity contribution in [3.8, 4) is 0 Å². The van der Waals surface area contributed by atoms with Crippen molar-refractivity contribution in [2.45, 2.75) is 11.7 Å². The first-order chi connectivity index (χ1) is 5.47. The van der Waals surface area contributed by atoms with Gasteiger partial charge in [-0.15, -0.1) is 11.8 Å². The highest BCUT2D eigenvalue weighted by Gasteiger charge is 2.18. The van der Waals surface area contributed by atoms with E-state index in [1.165, 1.54) is 6.26 Å². The van der Waals surface area contributed by atoms with Gasteiger partial charge in [0.2, 0.25) is 0 Å². The number of hydrogen-bond donors (Lipinski definition) is 0. The van der Waals surface area contributed by atoms with E-state index in [9.17, 15) is 0 Å². The van der Waals surface area contributed by atoms with Gasteiger partial charge in [-0.1, -0.05) is 6.08 Å². The number of thioether (sulfide) groups is 1. The van der Waals surface area contributed by atoms with Crippen LogP contribution in [-0.4, -0.2) is 5.25 Å². The van der Waals surface area contributed by atoms with Crippen LogP contribution >= 0.6 is 11.8 Å². The molecule has 0 radical (unpaired) electrons. The van der Waals surface area contributed by atoms with Gasteiger partial charge in [-0.25, -0.2) is 0 Å². The molecule has 0 N–H and O–H groups in total. The van der Waals surface area contributed by atoms with Gasteiger partial charge >= 0.3 is 0 Å². The van der Waals surface area contributed by atoms with E-state index in [0.29, 0.717) is 5.25 Å². The largest absolute Gasteiger partial charge is 0.466 e. The monoisotopic (exact) mass is 168 g/mol.